The molecule has 0 atom stereocenters. The monoisotopic (exact) mass is 157 g/mol. The van der Waals surface area contributed by atoms with E-state index in [9.17, 15) is 4.79 Å². The molecule has 1 fully saturated rings. The van der Waals surface area contributed by atoms with Crippen molar-refractivity contribution in [3.8, 4) is 0 Å². The van der Waals surface area contributed by atoms with Crippen molar-refractivity contribution in [2.75, 3.05) is 6.61 Å². The summed E-state index contributed by atoms with van der Waals surface area (Å²) in [7, 11) is 0. The number of hydroxylamine groups is 1. The minimum atomic E-state index is 0.0469. The fourth-order valence-corrected chi connectivity index (χ4v) is 0.708. The van der Waals surface area contributed by atoms with E-state index < -0.39 is 0 Å². The first kappa shape index (κ1) is 8.53. The van der Waals surface area contributed by atoms with Crippen LogP contribution in [0.5, 0.6) is 0 Å². The summed E-state index contributed by atoms with van der Waals surface area (Å²) in [5, 5.41) is 0. The number of carbonyl (C=O) groups is 1. The molecule has 11 heavy (non-hydrogen) atoms. The molecule has 1 aliphatic rings. The van der Waals surface area contributed by atoms with Crippen molar-refractivity contribution in [3.63, 3.8) is 0 Å². The Kier molecular flexibility index (Phi) is 2.88. The van der Waals surface area contributed by atoms with Crippen molar-refractivity contribution in [3.05, 3.63) is 0 Å². The molecule has 1 amide bonds. The number of hydrogen-bond donors (Lipinski definition) is 1. The second-order valence-corrected chi connectivity index (χ2v) is 3.45. The lowest BCUT2D eigenvalue weighted by molar-refractivity contribution is -0.135. The van der Waals surface area contributed by atoms with Crippen LogP contribution in [0.1, 0.15) is 26.7 Å². The van der Waals surface area contributed by atoms with E-state index in [2.05, 4.69) is 5.48 Å². The average molecular weight is 157 g/mol. The predicted octanol–water partition coefficient (Wildman–Crippen LogP) is 1.10. The lowest BCUT2D eigenvalue weighted by Gasteiger charge is -2.06. The minimum Gasteiger partial charge on any atom is -0.273 e. The van der Waals surface area contributed by atoms with Gasteiger partial charge in [0.1, 0.15) is 0 Å². The van der Waals surface area contributed by atoms with E-state index in [1.54, 1.807) is 0 Å². The van der Waals surface area contributed by atoms with Gasteiger partial charge in [0.05, 0.1) is 6.61 Å². The Hall–Kier alpha value is -0.570. The summed E-state index contributed by atoms with van der Waals surface area (Å²) in [6.45, 7) is 4.69. The van der Waals surface area contributed by atoms with Crippen molar-refractivity contribution in [2.45, 2.75) is 26.7 Å². The quantitative estimate of drug-likeness (QED) is 0.620. The van der Waals surface area contributed by atoms with Crippen LogP contribution >= 0.6 is 0 Å². The highest BCUT2D eigenvalue weighted by atomic mass is 16.6. The molecule has 0 bridgehead atoms. The Labute approximate surface area is 67.1 Å². The zero-order chi connectivity index (χ0) is 8.27. The van der Waals surface area contributed by atoms with Gasteiger partial charge in [0.15, 0.2) is 0 Å². The van der Waals surface area contributed by atoms with Gasteiger partial charge in [0.25, 0.3) is 0 Å². The molecule has 1 N–H and O–H groups in total. The van der Waals surface area contributed by atoms with Crippen molar-refractivity contribution in [1.82, 2.24) is 5.48 Å². The number of hydrogen-bond acceptors (Lipinski definition) is 2. The Morgan fingerprint density at radius 1 is 1.64 bits per heavy atom. The van der Waals surface area contributed by atoms with Crippen LogP contribution in [-0.4, -0.2) is 12.5 Å². The highest BCUT2D eigenvalue weighted by Crippen LogP contribution is 2.28. The topological polar surface area (TPSA) is 38.3 Å². The molecular weight excluding hydrogens is 142 g/mol. The summed E-state index contributed by atoms with van der Waals surface area (Å²) >= 11 is 0. The van der Waals surface area contributed by atoms with Gasteiger partial charge >= 0.3 is 0 Å². The van der Waals surface area contributed by atoms with Gasteiger partial charge in [-0.3, -0.25) is 9.63 Å². The molecular formula is C8H15NO2. The number of nitrogens with one attached hydrogen (secondary N) is 1. The average Bonchev–Trinajstić information content (AvgIpc) is 2.66. The third-order valence-corrected chi connectivity index (χ3v) is 1.54. The zero-order valence-corrected chi connectivity index (χ0v) is 7.09. The molecule has 0 saturated heterocycles. The predicted molar refractivity (Wildman–Crippen MR) is 41.7 cm³/mol. The fraction of sp³-hybridized carbons (Fsp3) is 0.875. The Morgan fingerprint density at radius 2 is 2.27 bits per heavy atom. The highest BCUT2D eigenvalue weighted by molar-refractivity contribution is 5.79. The van der Waals surface area contributed by atoms with Crippen LogP contribution in [0.15, 0.2) is 0 Å². The molecule has 0 aliphatic heterocycles. The number of amides is 1. The van der Waals surface area contributed by atoms with E-state index >= 15 is 0 Å². The van der Waals surface area contributed by atoms with E-state index in [1.165, 1.54) is 0 Å². The van der Waals surface area contributed by atoms with Crippen molar-refractivity contribution in [2.24, 2.45) is 11.8 Å². The molecule has 0 heterocycles. The summed E-state index contributed by atoms with van der Waals surface area (Å²) in [6, 6.07) is 0. The summed E-state index contributed by atoms with van der Waals surface area (Å²) < 4.78 is 0. The van der Waals surface area contributed by atoms with Gasteiger partial charge in [-0.05, 0) is 18.8 Å². The van der Waals surface area contributed by atoms with Gasteiger partial charge in [-0.1, -0.05) is 13.8 Å². The first-order valence-corrected chi connectivity index (χ1v) is 4.12. The smallest absolute Gasteiger partial charge is 0.246 e. The maximum absolute atomic E-state index is 11.0. The maximum Gasteiger partial charge on any atom is 0.246 e. The molecule has 0 aromatic carbocycles. The SMILES string of the molecule is CC(C)CONC(=O)C1CC1. The molecule has 0 spiro atoms. The Balaban J connectivity index is 1.97. The summed E-state index contributed by atoms with van der Waals surface area (Å²) in [5.74, 6) is 0.752. The number of rotatable bonds is 4. The standard InChI is InChI=1S/C8H15NO2/c1-6(2)5-11-9-8(10)7-3-4-7/h6-7H,3-5H2,1-2H3,(H,9,10). The van der Waals surface area contributed by atoms with Crippen LogP contribution in [-0.2, 0) is 9.63 Å². The van der Waals surface area contributed by atoms with Gasteiger partial charge in [0, 0.05) is 5.92 Å². The van der Waals surface area contributed by atoms with Crippen molar-refractivity contribution < 1.29 is 9.63 Å². The first-order valence-electron chi connectivity index (χ1n) is 4.12. The van der Waals surface area contributed by atoms with Crippen LogP contribution < -0.4 is 5.48 Å². The molecule has 0 aromatic heterocycles. The summed E-state index contributed by atoms with van der Waals surface area (Å²) in [4.78, 5) is 15.9. The van der Waals surface area contributed by atoms with E-state index in [4.69, 9.17) is 4.84 Å². The van der Waals surface area contributed by atoms with Gasteiger partial charge in [0.2, 0.25) is 5.91 Å². The van der Waals surface area contributed by atoms with Crippen LogP contribution in [0.3, 0.4) is 0 Å². The Morgan fingerprint density at radius 3 is 2.73 bits per heavy atom. The lowest BCUT2D eigenvalue weighted by Crippen LogP contribution is -2.26. The van der Waals surface area contributed by atoms with Crippen molar-refractivity contribution >= 4 is 5.91 Å². The Bertz CT molecular complexity index is 141. The van der Waals surface area contributed by atoms with E-state index in [0.717, 1.165) is 12.8 Å². The van der Waals surface area contributed by atoms with Crippen LogP contribution in [0.2, 0.25) is 0 Å². The summed E-state index contributed by atoms with van der Waals surface area (Å²) in [5.41, 5.74) is 2.44. The molecule has 1 rings (SSSR count). The van der Waals surface area contributed by atoms with Crippen LogP contribution in [0, 0.1) is 11.8 Å². The normalized spacial score (nSPS) is 17.0. The molecule has 1 aliphatic carbocycles. The third-order valence-electron chi connectivity index (χ3n) is 1.54. The molecule has 0 unspecified atom stereocenters. The molecule has 3 heteroatoms. The first-order chi connectivity index (χ1) is 5.20. The highest BCUT2D eigenvalue weighted by Gasteiger charge is 2.29. The third kappa shape index (κ3) is 3.37. The lowest BCUT2D eigenvalue weighted by atomic mass is 10.2. The molecule has 0 aromatic rings. The van der Waals surface area contributed by atoms with Gasteiger partial charge in [-0.15, -0.1) is 0 Å². The van der Waals surface area contributed by atoms with E-state index in [1.807, 2.05) is 13.8 Å². The number of carbonyl (C=O) groups excluding carboxylic acids is 1. The molecule has 1 saturated carbocycles. The van der Waals surface area contributed by atoms with E-state index in [0.29, 0.717) is 12.5 Å². The van der Waals surface area contributed by atoms with Gasteiger partial charge in [-0.25, -0.2) is 5.48 Å². The molecule has 64 valence electrons. The second kappa shape index (κ2) is 3.72. The fourth-order valence-electron chi connectivity index (χ4n) is 0.708. The molecule has 3 nitrogen and oxygen atoms in total. The van der Waals surface area contributed by atoms with Crippen LogP contribution in [0.4, 0.5) is 0 Å². The van der Waals surface area contributed by atoms with Gasteiger partial charge in [-0.2, -0.15) is 0 Å². The molecule has 0 radical (unpaired) electrons. The van der Waals surface area contributed by atoms with Crippen molar-refractivity contribution in [1.29, 1.82) is 0 Å². The van der Waals surface area contributed by atoms with Crippen LogP contribution in [0.25, 0.3) is 0 Å². The minimum absolute atomic E-state index is 0.0469. The summed E-state index contributed by atoms with van der Waals surface area (Å²) in [6.07, 6.45) is 2.05. The largest absolute Gasteiger partial charge is 0.273 e. The maximum atomic E-state index is 11.0. The second-order valence-electron chi connectivity index (χ2n) is 3.45. The van der Waals surface area contributed by atoms with Gasteiger partial charge < -0.3 is 0 Å². The van der Waals surface area contributed by atoms with E-state index in [-0.39, 0.29) is 11.8 Å². The zero-order valence-electron chi connectivity index (χ0n) is 7.09.